The Morgan fingerprint density at radius 3 is 2.76 bits per heavy atom. The van der Waals surface area contributed by atoms with E-state index in [2.05, 4.69) is 57.6 Å². The maximum atomic E-state index is 4.06. The van der Waals surface area contributed by atoms with E-state index in [1.807, 2.05) is 6.20 Å². The van der Waals surface area contributed by atoms with Gasteiger partial charge in [-0.05, 0) is 26.1 Å². The summed E-state index contributed by atoms with van der Waals surface area (Å²) in [5.41, 5.74) is 0. The van der Waals surface area contributed by atoms with Crippen LogP contribution in [-0.4, -0.2) is 56.8 Å². The lowest BCUT2D eigenvalue weighted by Crippen LogP contribution is -2.70. The fraction of sp³-hybridized carbons (Fsp3) is 0.667. The van der Waals surface area contributed by atoms with Crippen LogP contribution in [-0.2, 0) is 0 Å². The average Bonchev–Trinajstić information content (AvgIpc) is 2.83. The standard InChI is InChI=1S/C9H20B2N5Si/c1-5-8-15-10(2)14(4)17-16(11(15)3)9-6-7-12-13-9/h6-7,17H,5,8H2,1-4H3,(H,12,13). The van der Waals surface area contributed by atoms with Gasteiger partial charge in [0, 0.05) is 0 Å². The molecule has 17 heavy (non-hydrogen) atoms. The van der Waals surface area contributed by atoms with Gasteiger partial charge in [0.25, 0.3) is 6.98 Å². The lowest BCUT2D eigenvalue weighted by molar-refractivity contribution is 0.565. The fourth-order valence-electron chi connectivity index (χ4n) is 2.38. The molecule has 1 fully saturated rings. The second-order valence-electron chi connectivity index (χ2n) is 4.63. The van der Waals surface area contributed by atoms with E-state index >= 15 is 0 Å². The minimum atomic E-state index is 0.127. The first kappa shape index (κ1) is 12.7. The summed E-state index contributed by atoms with van der Waals surface area (Å²) in [5, 5.41) is 7.14. The van der Waals surface area contributed by atoms with Crippen LogP contribution in [0, 0.1) is 0 Å². The predicted octanol–water partition coefficient (Wildman–Crippen LogP) is 0.376. The third-order valence-electron chi connectivity index (χ3n) is 3.50. The normalized spacial score (nSPS) is 19.2. The highest BCUT2D eigenvalue weighted by molar-refractivity contribution is 6.86. The molecule has 91 valence electrons. The monoisotopic (exact) mass is 248 g/mol. The van der Waals surface area contributed by atoms with Crippen molar-refractivity contribution < 1.29 is 0 Å². The molecule has 0 unspecified atom stereocenters. The molecule has 5 nitrogen and oxygen atoms in total. The molecule has 1 saturated heterocycles. The number of nitrogens with zero attached hydrogens (tertiary/aromatic N) is 4. The van der Waals surface area contributed by atoms with Crippen molar-refractivity contribution in [3.63, 3.8) is 0 Å². The molecule has 1 aliphatic rings. The molecule has 1 N–H and O–H groups in total. The Hall–Kier alpha value is -0.723. The van der Waals surface area contributed by atoms with Gasteiger partial charge in [-0.15, -0.1) is 0 Å². The van der Waals surface area contributed by atoms with Crippen LogP contribution in [0.2, 0.25) is 13.6 Å². The summed E-state index contributed by atoms with van der Waals surface area (Å²) < 4.78 is 7.41. The maximum Gasteiger partial charge on any atom is 0.322 e. The van der Waals surface area contributed by atoms with Crippen molar-refractivity contribution in [2.45, 2.75) is 27.0 Å². The molecule has 8 heteroatoms. The number of aromatic amines is 1. The van der Waals surface area contributed by atoms with Gasteiger partial charge in [-0.1, -0.05) is 20.6 Å². The van der Waals surface area contributed by atoms with Crippen molar-refractivity contribution in [1.82, 2.24) is 19.4 Å². The van der Waals surface area contributed by atoms with Crippen molar-refractivity contribution in [2.24, 2.45) is 0 Å². The Balaban J connectivity index is 2.18. The fourth-order valence-corrected chi connectivity index (χ4v) is 3.77. The zero-order valence-electron chi connectivity index (χ0n) is 11.1. The van der Waals surface area contributed by atoms with Crippen molar-refractivity contribution in [2.75, 3.05) is 18.1 Å². The molecule has 0 aliphatic carbocycles. The molecule has 1 aromatic heterocycles. The van der Waals surface area contributed by atoms with Crippen LogP contribution < -0.4 is 4.48 Å². The summed E-state index contributed by atoms with van der Waals surface area (Å²) in [7, 11) is 2.33. The molecule has 1 radical (unpaired) electrons. The summed E-state index contributed by atoms with van der Waals surface area (Å²) >= 11 is 0. The summed E-state index contributed by atoms with van der Waals surface area (Å²) in [4.78, 5) is 0. The molecule has 0 aromatic carbocycles. The molecule has 1 aliphatic heterocycles. The minimum Gasteiger partial charge on any atom is -0.406 e. The van der Waals surface area contributed by atoms with Gasteiger partial charge >= 0.3 is 6.98 Å². The number of H-pyrrole nitrogens is 1. The number of hydrogen-bond donors (Lipinski definition) is 1. The van der Waals surface area contributed by atoms with Crippen molar-refractivity contribution in [1.29, 1.82) is 0 Å². The topological polar surface area (TPSA) is 38.4 Å². The largest absolute Gasteiger partial charge is 0.406 e. The summed E-state index contributed by atoms with van der Waals surface area (Å²) in [6, 6.07) is 2.05. The third kappa shape index (κ3) is 2.43. The molecule has 0 saturated carbocycles. The quantitative estimate of drug-likeness (QED) is 0.784. The van der Waals surface area contributed by atoms with Crippen molar-refractivity contribution in [3.8, 4) is 0 Å². The van der Waals surface area contributed by atoms with Gasteiger partial charge in [-0.2, -0.15) is 5.10 Å². The highest BCUT2D eigenvalue weighted by Gasteiger charge is 2.39. The zero-order chi connectivity index (χ0) is 12.4. The molecule has 0 spiro atoms. The van der Waals surface area contributed by atoms with Crippen LogP contribution >= 0.6 is 0 Å². The smallest absolute Gasteiger partial charge is 0.322 e. The summed E-state index contributed by atoms with van der Waals surface area (Å²) in [6.07, 6.45) is 3.01. The van der Waals surface area contributed by atoms with Crippen LogP contribution in [0.25, 0.3) is 0 Å². The Bertz CT molecular complexity index is 349. The van der Waals surface area contributed by atoms with Gasteiger partial charge in [-0.3, -0.25) is 5.10 Å². The van der Waals surface area contributed by atoms with Gasteiger partial charge in [0.15, 0.2) is 0 Å². The first-order chi connectivity index (χ1) is 8.15. The lowest BCUT2D eigenvalue weighted by atomic mass is 9.62. The molecule has 2 heterocycles. The first-order valence-electron chi connectivity index (χ1n) is 6.25. The Kier molecular flexibility index (Phi) is 3.96. The van der Waals surface area contributed by atoms with Crippen molar-refractivity contribution in [3.05, 3.63) is 12.3 Å². The SMILES string of the molecule is CCCN1B(C)N(C)[SiH]N(c2ccn[nH]2)B1C. The van der Waals surface area contributed by atoms with E-state index in [9.17, 15) is 0 Å². The molecule has 0 amide bonds. The number of nitrogens with one attached hydrogen (secondary N) is 1. The molecule has 1 aromatic rings. The summed E-state index contributed by atoms with van der Waals surface area (Å²) in [5.74, 6) is 1.13. The lowest BCUT2D eigenvalue weighted by Gasteiger charge is -2.47. The van der Waals surface area contributed by atoms with E-state index in [1.54, 1.807) is 0 Å². The molecular formula is C9H20B2N5Si. The zero-order valence-corrected chi connectivity index (χ0v) is 12.2. The van der Waals surface area contributed by atoms with Crippen LogP contribution in [0.5, 0.6) is 0 Å². The van der Waals surface area contributed by atoms with Crippen LogP contribution in [0.3, 0.4) is 0 Å². The minimum absolute atomic E-state index is 0.127. The van der Waals surface area contributed by atoms with E-state index < -0.39 is 0 Å². The molecule has 0 bridgehead atoms. The van der Waals surface area contributed by atoms with E-state index in [4.69, 9.17) is 0 Å². The van der Waals surface area contributed by atoms with E-state index in [0.29, 0.717) is 14.0 Å². The second-order valence-corrected chi connectivity index (χ2v) is 6.23. The van der Waals surface area contributed by atoms with E-state index in [1.165, 1.54) is 6.42 Å². The van der Waals surface area contributed by atoms with Crippen molar-refractivity contribution >= 4 is 29.6 Å². The second kappa shape index (κ2) is 5.28. The highest BCUT2D eigenvalue weighted by atomic mass is 28.2. The Morgan fingerprint density at radius 2 is 2.18 bits per heavy atom. The van der Waals surface area contributed by atoms with Gasteiger partial charge in [0.2, 0.25) is 9.84 Å². The van der Waals surface area contributed by atoms with Crippen LogP contribution in [0.15, 0.2) is 12.3 Å². The van der Waals surface area contributed by atoms with Crippen LogP contribution in [0.1, 0.15) is 13.3 Å². The summed E-state index contributed by atoms with van der Waals surface area (Å²) in [6.45, 7) is 8.92. The van der Waals surface area contributed by atoms with Gasteiger partial charge < -0.3 is 13.7 Å². The maximum absolute atomic E-state index is 4.06. The molecule has 2 rings (SSSR count). The van der Waals surface area contributed by atoms with Gasteiger partial charge in [0.05, 0.1) is 6.20 Å². The number of aromatic nitrogens is 2. The first-order valence-corrected chi connectivity index (χ1v) is 7.28. The Labute approximate surface area is 107 Å². The predicted molar refractivity (Wildman–Crippen MR) is 76.2 cm³/mol. The highest BCUT2D eigenvalue weighted by Crippen LogP contribution is 2.19. The van der Waals surface area contributed by atoms with Gasteiger partial charge in [-0.25, -0.2) is 0 Å². The van der Waals surface area contributed by atoms with E-state index in [0.717, 1.165) is 12.4 Å². The Morgan fingerprint density at radius 1 is 1.41 bits per heavy atom. The van der Waals surface area contributed by atoms with Gasteiger partial charge in [0.1, 0.15) is 5.82 Å². The molecule has 0 atom stereocenters. The number of hydrogen-bond acceptors (Lipinski definition) is 4. The van der Waals surface area contributed by atoms with Crippen LogP contribution in [0.4, 0.5) is 5.82 Å². The van der Waals surface area contributed by atoms with E-state index in [-0.39, 0.29) is 9.84 Å². The number of rotatable bonds is 3. The number of anilines is 1. The molecular weight excluding hydrogens is 228 g/mol. The average molecular weight is 248 g/mol. The third-order valence-corrected chi connectivity index (χ3v) is 5.26.